The van der Waals surface area contributed by atoms with Crippen molar-refractivity contribution in [2.24, 2.45) is 0 Å². The summed E-state index contributed by atoms with van der Waals surface area (Å²) in [7, 11) is 0. The molecule has 0 radical (unpaired) electrons. The first-order chi connectivity index (χ1) is 6.92. The Bertz CT molecular complexity index is 407. The standard InChI is InChI=1S/C8H5BClF3NO.K/c10-8-3-7(2-1-6(8)4-14)15-5-9(11,12)13;/h1-3H,5H2;/q-1;+1. The molecule has 0 saturated heterocycles. The molecule has 1 rings (SSSR count). The molecular weight excluding hydrogens is 268 g/mol. The van der Waals surface area contributed by atoms with Crippen molar-refractivity contribution >= 4 is 18.6 Å². The molecule has 16 heavy (non-hydrogen) atoms. The first kappa shape index (κ1) is 16.3. The van der Waals surface area contributed by atoms with Crippen LogP contribution in [0.5, 0.6) is 5.75 Å². The number of halogens is 4. The van der Waals surface area contributed by atoms with E-state index in [1.54, 1.807) is 6.07 Å². The number of nitriles is 1. The van der Waals surface area contributed by atoms with Crippen molar-refractivity contribution in [3.05, 3.63) is 28.8 Å². The van der Waals surface area contributed by atoms with Crippen LogP contribution in [-0.4, -0.2) is 13.5 Å². The molecule has 0 bridgehead atoms. The van der Waals surface area contributed by atoms with Crippen LogP contribution in [0.1, 0.15) is 5.56 Å². The second kappa shape index (κ2) is 6.89. The van der Waals surface area contributed by atoms with Crippen molar-refractivity contribution in [1.82, 2.24) is 0 Å². The molecule has 0 aliphatic carbocycles. The van der Waals surface area contributed by atoms with Crippen LogP contribution in [0.2, 0.25) is 5.02 Å². The second-order valence-corrected chi connectivity index (χ2v) is 3.18. The van der Waals surface area contributed by atoms with Crippen LogP contribution >= 0.6 is 11.6 Å². The van der Waals surface area contributed by atoms with Crippen LogP contribution in [0, 0.1) is 11.3 Å². The Morgan fingerprint density at radius 3 is 2.44 bits per heavy atom. The quantitative estimate of drug-likeness (QED) is 0.725. The fraction of sp³-hybridized carbons (Fsp3) is 0.125. The summed E-state index contributed by atoms with van der Waals surface area (Å²) >= 11 is 5.60. The van der Waals surface area contributed by atoms with Gasteiger partial charge in [-0.15, -0.1) is 0 Å². The van der Waals surface area contributed by atoms with Gasteiger partial charge in [0.15, 0.2) is 0 Å². The molecule has 0 fully saturated rings. The second-order valence-electron chi connectivity index (χ2n) is 2.77. The number of ether oxygens (including phenoxy) is 1. The van der Waals surface area contributed by atoms with Gasteiger partial charge in [0, 0.05) is 0 Å². The fourth-order valence-electron chi connectivity index (χ4n) is 0.867. The maximum Gasteiger partial charge on any atom is 1.00 e. The average molecular weight is 273 g/mol. The van der Waals surface area contributed by atoms with Crippen molar-refractivity contribution in [3.8, 4) is 11.8 Å². The van der Waals surface area contributed by atoms with Gasteiger partial charge in [-0.05, 0) is 18.2 Å². The van der Waals surface area contributed by atoms with Crippen LogP contribution in [-0.2, 0) is 0 Å². The largest absolute Gasteiger partial charge is 1.00 e. The molecule has 0 heterocycles. The molecule has 0 amide bonds. The Labute approximate surface area is 138 Å². The van der Waals surface area contributed by atoms with Crippen LogP contribution in [0.25, 0.3) is 0 Å². The zero-order valence-electron chi connectivity index (χ0n) is 8.38. The Morgan fingerprint density at radius 1 is 1.38 bits per heavy atom. The van der Waals surface area contributed by atoms with Crippen LogP contribution in [0.3, 0.4) is 0 Å². The summed E-state index contributed by atoms with van der Waals surface area (Å²) in [4.78, 5) is 0. The van der Waals surface area contributed by atoms with Crippen LogP contribution in [0.4, 0.5) is 12.9 Å². The fourth-order valence-corrected chi connectivity index (χ4v) is 1.08. The predicted octanol–water partition coefficient (Wildman–Crippen LogP) is -0.0189. The molecule has 80 valence electrons. The third-order valence-corrected chi connectivity index (χ3v) is 1.81. The molecule has 2 nitrogen and oxygen atoms in total. The van der Waals surface area contributed by atoms with E-state index in [-0.39, 0.29) is 67.7 Å². The number of benzene rings is 1. The van der Waals surface area contributed by atoms with Gasteiger partial charge in [-0.25, -0.2) is 0 Å². The zero-order chi connectivity index (χ0) is 11.5. The van der Waals surface area contributed by atoms with E-state index in [0.717, 1.165) is 0 Å². The third kappa shape index (κ3) is 5.57. The molecule has 8 heteroatoms. The topological polar surface area (TPSA) is 33.0 Å². The van der Waals surface area contributed by atoms with Gasteiger partial charge in [-0.2, -0.15) is 5.26 Å². The van der Waals surface area contributed by atoms with Crippen molar-refractivity contribution in [2.75, 3.05) is 6.51 Å². The van der Waals surface area contributed by atoms with E-state index in [0.29, 0.717) is 0 Å². The van der Waals surface area contributed by atoms with E-state index < -0.39 is 13.5 Å². The number of nitrogens with zero attached hydrogens (tertiary/aromatic N) is 1. The van der Waals surface area contributed by atoms with E-state index >= 15 is 0 Å². The van der Waals surface area contributed by atoms with Gasteiger partial charge in [0.2, 0.25) is 0 Å². The Kier molecular flexibility index (Phi) is 7.01. The molecule has 0 unspecified atom stereocenters. The molecule has 0 aromatic heterocycles. The predicted molar refractivity (Wildman–Crippen MR) is 50.7 cm³/mol. The molecule has 0 aliphatic heterocycles. The molecule has 0 spiro atoms. The minimum atomic E-state index is -4.98. The van der Waals surface area contributed by atoms with Gasteiger partial charge < -0.3 is 17.7 Å². The summed E-state index contributed by atoms with van der Waals surface area (Å²) in [6.45, 7) is -6.30. The van der Waals surface area contributed by atoms with E-state index in [2.05, 4.69) is 4.74 Å². The van der Waals surface area contributed by atoms with Crippen molar-refractivity contribution in [1.29, 1.82) is 5.26 Å². The Morgan fingerprint density at radius 2 is 2.00 bits per heavy atom. The molecule has 0 saturated carbocycles. The van der Waals surface area contributed by atoms with Gasteiger partial charge >= 0.3 is 58.4 Å². The summed E-state index contributed by atoms with van der Waals surface area (Å²) in [5, 5.41) is 8.59. The number of hydrogen-bond acceptors (Lipinski definition) is 2. The van der Waals surface area contributed by atoms with Crippen LogP contribution in [0.15, 0.2) is 18.2 Å². The smallest absolute Gasteiger partial charge is 0.522 e. The third-order valence-electron chi connectivity index (χ3n) is 1.50. The molecular formula is C8H5BClF3KNO. The summed E-state index contributed by atoms with van der Waals surface area (Å²) in [6, 6.07) is 5.55. The van der Waals surface area contributed by atoms with Crippen molar-refractivity contribution < 1.29 is 69.1 Å². The van der Waals surface area contributed by atoms with Gasteiger partial charge in [-0.3, -0.25) is 0 Å². The average Bonchev–Trinajstić information content (AvgIpc) is 2.14. The molecule has 1 aromatic rings. The first-order valence-corrected chi connectivity index (χ1v) is 4.33. The maximum absolute atomic E-state index is 11.8. The monoisotopic (exact) mass is 273 g/mol. The normalized spacial score (nSPS) is 10.2. The van der Waals surface area contributed by atoms with E-state index in [4.69, 9.17) is 16.9 Å². The van der Waals surface area contributed by atoms with Crippen LogP contribution < -0.4 is 56.1 Å². The zero-order valence-corrected chi connectivity index (χ0v) is 12.3. The summed E-state index contributed by atoms with van der Waals surface area (Å²) in [6.07, 6.45) is 0. The van der Waals surface area contributed by atoms with E-state index in [1.165, 1.54) is 18.2 Å². The SMILES string of the molecule is N#Cc1ccc(OC[B-](F)(F)F)cc1Cl.[K+]. The first-order valence-electron chi connectivity index (χ1n) is 3.96. The molecule has 0 N–H and O–H groups in total. The van der Waals surface area contributed by atoms with Gasteiger partial charge in [0.1, 0.15) is 11.8 Å². The van der Waals surface area contributed by atoms with Gasteiger partial charge in [-0.1, -0.05) is 11.6 Å². The number of rotatable bonds is 3. The Balaban J connectivity index is 0.00000225. The van der Waals surface area contributed by atoms with Crippen molar-refractivity contribution in [3.63, 3.8) is 0 Å². The van der Waals surface area contributed by atoms with E-state index in [9.17, 15) is 12.9 Å². The Hall–Kier alpha value is 0.291. The van der Waals surface area contributed by atoms with Crippen molar-refractivity contribution in [2.45, 2.75) is 0 Å². The van der Waals surface area contributed by atoms with E-state index in [1.807, 2.05) is 0 Å². The summed E-state index contributed by atoms with van der Waals surface area (Å²) < 4.78 is 40.0. The minimum Gasteiger partial charge on any atom is -0.522 e. The minimum absolute atomic E-state index is 0. The number of hydrogen-bond donors (Lipinski definition) is 0. The van der Waals surface area contributed by atoms with Gasteiger partial charge in [0.25, 0.3) is 0 Å². The molecule has 0 atom stereocenters. The summed E-state index contributed by atoms with van der Waals surface area (Å²) in [5.74, 6) is -0.00167. The summed E-state index contributed by atoms with van der Waals surface area (Å²) in [5.41, 5.74) is 0.196. The molecule has 1 aromatic carbocycles. The maximum atomic E-state index is 11.8. The van der Waals surface area contributed by atoms with Gasteiger partial charge in [0.05, 0.1) is 17.1 Å². The molecule has 0 aliphatic rings.